The summed E-state index contributed by atoms with van der Waals surface area (Å²) in [6.07, 6.45) is 0. The Hall–Kier alpha value is -3.65. The molecule has 11 heteroatoms. The number of benzene rings is 2. The van der Waals surface area contributed by atoms with E-state index in [2.05, 4.69) is 20.3 Å². The van der Waals surface area contributed by atoms with E-state index >= 15 is 0 Å². The highest BCUT2D eigenvalue weighted by atomic mass is 35.5. The lowest BCUT2D eigenvalue weighted by atomic mass is 10.1. The number of carbonyl (C=O) groups is 1. The molecule has 2 N–H and O–H groups in total. The van der Waals surface area contributed by atoms with Crippen LogP contribution in [0.1, 0.15) is 5.56 Å². The minimum atomic E-state index is -0.571. The van der Waals surface area contributed by atoms with Crippen LogP contribution in [0.3, 0.4) is 0 Å². The molecule has 2 aromatic carbocycles. The molecule has 0 spiro atoms. The third kappa shape index (κ3) is 5.46. The molecular weight excluding hydrogens is 494 g/mol. The summed E-state index contributed by atoms with van der Waals surface area (Å²) in [6.45, 7) is 0. The van der Waals surface area contributed by atoms with E-state index < -0.39 is 5.56 Å². The Morgan fingerprint density at radius 2 is 1.88 bits per heavy atom. The number of rotatable bonds is 7. The number of thiazole rings is 1. The molecule has 2 heterocycles. The summed E-state index contributed by atoms with van der Waals surface area (Å²) < 4.78 is 5.14. The minimum absolute atomic E-state index is 0.00719. The SMILES string of the molecule is COc1ccc(-c2nc(SCC(=O)Nc3nc(-c4ccc(Cl)cc4)cs3)[nH]c(=O)c2C#N)cc1. The minimum Gasteiger partial charge on any atom is -0.497 e. The average Bonchev–Trinajstić information content (AvgIpc) is 3.31. The zero-order valence-corrected chi connectivity index (χ0v) is 20.1. The Balaban J connectivity index is 1.45. The maximum atomic E-state index is 12.4. The molecule has 0 radical (unpaired) electrons. The number of hydrogen-bond donors (Lipinski definition) is 2. The molecule has 34 heavy (non-hydrogen) atoms. The van der Waals surface area contributed by atoms with E-state index in [1.165, 1.54) is 11.3 Å². The maximum absolute atomic E-state index is 12.4. The van der Waals surface area contributed by atoms with Gasteiger partial charge in [0.05, 0.1) is 24.3 Å². The zero-order chi connectivity index (χ0) is 24.1. The van der Waals surface area contributed by atoms with E-state index in [0.29, 0.717) is 21.5 Å². The number of hydrogen-bond acceptors (Lipinski definition) is 8. The van der Waals surface area contributed by atoms with Gasteiger partial charge in [-0.05, 0) is 36.4 Å². The lowest BCUT2D eigenvalue weighted by Gasteiger charge is -2.07. The number of anilines is 1. The first-order chi connectivity index (χ1) is 16.5. The summed E-state index contributed by atoms with van der Waals surface area (Å²) in [5, 5.41) is 15.3. The number of aromatic amines is 1. The number of thioether (sulfide) groups is 1. The Morgan fingerprint density at radius 1 is 1.18 bits per heavy atom. The molecule has 2 aromatic heterocycles. The molecule has 170 valence electrons. The van der Waals surface area contributed by atoms with Gasteiger partial charge in [-0.25, -0.2) is 9.97 Å². The van der Waals surface area contributed by atoms with Gasteiger partial charge in [-0.15, -0.1) is 11.3 Å². The van der Waals surface area contributed by atoms with Gasteiger partial charge in [0.25, 0.3) is 5.56 Å². The molecule has 4 rings (SSSR count). The van der Waals surface area contributed by atoms with Crippen LogP contribution in [0.2, 0.25) is 5.02 Å². The largest absolute Gasteiger partial charge is 0.497 e. The van der Waals surface area contributed by atoms with Crippen LogP contribution in [-0.4, -0.2) is 33.7 Å². The first-order valence-electron chi connectivity index (χ1n) is 9.80. The van der Waals surface area contributed by atoms with Crippen LogP contribution in [0.25, 0.3) is 22.5 Å². The van der Waals surface area contributed by atoms with Gasteiger partial charge in [0.1, 0.15) is 17.4 Å². The van der Waals surface area contributed by atoms with Crippen LogP contribution < -0.4 is 15.6 Å². The van der Waals surface area contributed by atoms with Crippen molar-refractivity contribution in [1.82, 2.24) is 15.0 Å². The van der Waals surface area contributed by atoms with Crippen molar-refractivity contribution in [3.8, 4) is 34.3 Å². The highest BCUT2D eigenvalue weighted by Crippen LogP contribution is 2.27. The second kappa shape index (κ2) is 10.5. The van der Waals surface area contributed by atoms with E-state index in [1.54, 1.807) is 43.5 Å². The van der Waals surface area contributed by atoms with Crippen LogP contribution >= 0.6 is 34.7 Å². The molecule has 0 aliphatic heterocycles. The average molecular weight is 510 g/mol. The lowest BCUT2D eigenvalue weighted by Crippen LogP contribution is -2.17. The van der Waals surface area contributed by atoms with Gasteiger partial charge in [-0.1, -0.05) is 35.5 Å². The van der Waals surface area contributed by atoms with E-state index in [9.17, 15) is 14.9 Å². The van der Waals surface area contributed by atoms with Gasteiger partial charge >= 0.3 is 0 Å². The van der Waals surface area contributed by atoms with Crippen LogP contribution in [0.15, 0.2) is 63.9 Å². The summed E-state index contributed by atoms with van der Waals surface area (Å²) >= 11 is 8.27. The van der Waals surface area contributed by atoms with Crippen LogP contribution in [0, 0.1) is 11.3 Å². The van der Waals surface area contributed by atoms with Gasteiger partial charge in [0.2, 0.25) is 5.91 Å². The highest BCUT2D eigenvalue weighted by Gasteiger charge is 2.15. The van der Waals surface area contributed by atoms with Crippen molar-refractivity contribution in [2.45, 2.75) is 5.16 Å². The van der Waals surface area contributed by atoms with Crippen molar-refractivity contribution in [1.29, 1.82) is 5.26 Å². The number of nitrogens with one attached hydrogen (secondary N) is 2. The predicted octanol–water partition coefficient (Wildman–Crippen LogP) is 4.82. The van der Waals surface area contributed by atoms with Crippen molar-refractivity contribution in [2.75, 3.05) is 18.2 Å². The van der Waals surface area contributed by atoms with Gasteiger partial charge < -0.3 is 15.0 Å². The predicted molar refractivity (Wildman–Crippen MR) is 133 cm³/mol. The fourth-order valence-electron chi connectivity index (χ4n) is 2.96. The van der Waals surface area contributed by atoms with Crippen LogP contribution in [0.5, 0.6) is 5.75 Å². The summed E-state index contributed by atoms with van der Waals surface area (Å²) in [6, 6.07) is 16.0. The number of nitriles is 1. The third-order valence-electron chi connectivity index (χ3n) is 4.60. The fraction of sp³-hybridized carbons (Fsp3) is 0.0870. The number of methoxy groups -OCH3 is 1. The first-order valence-corrected chi connectivity index (χ1v) is 12.0. The molecule has 0 aliphatic carbocycles. The number of amides is 1. The van der Waals surface area contributed by atoms with Crippen molar-refractivity contribution in [3.05, 3.63) is 74.9 Å². The normalized spacial score (nSPS) is 10.5. The summed E-state index contributed by atoms with van der Waals surface area (Å²) in [7, 11) is 1.55. The molecular formula is C23H16ClN5O3S2. The molecule has 0 aliphatic rings. The van der Waals surface area contributed by atoms with E-state index in [-0.39, 0.29) is 28.1 Å². The summed E-state index contributed by atoms with van der Waals surface area (Å²) in [5.74, 6) is 0.326. The van der Waals surface area contributed by atoms with Gasteiger partial charge in [0.15, 0.2) is 10.3 Å². The molecule has 0 saturated heterocycles. The van der Waals surface area contributed by atoms with Gasteiger partial charge in [-0.2, -0.15) is 5.26 Å². The van der Waals surface area contributed by atoms with Crippen LogP contribution in [-0.2, 0) is 4.79 Å². The van der Waals surface area contributed by atoms with E-state index in [1.807, 2.05) is 23.6 Å². The van der Waals surface area contributed by atoms with Crippen molar-refractivity contribution in [3.63, 3.8) is 0 Å². The highest BCUT2D eigenvalue weighted by molar-refractivity contribution is 7.99. The Labute approximate surface area is 207 Å². The van der Waals surface area contributed by atoms with E-state index in [0.717, 1.165) is 23.0 Å². The molecule has 8 nitrogen and oxygen atoms in total. The molecule has 0 unspecified atom stereocenters. The van der Waals surface area contributed by atoms with Crippen molar-refractivity contribution in [2.24, 2.45) is 0 Å². The maximum Gasteiger partial charge on any atom is 0.270 e. The smallest absolute Gasteiger partial charge is 0.270 e. The fourth-order valence-corrected chi connectivity index (χ4v) is 4.48. The Kier molecular flexibility index (Phi) is 7.27. The van der Waals surface area contributed by atoms with Crippen molar-refractivity contribution >= 4 is 45.7 Å². The number of ether oxygens (including phenoxy) is 1. The van der Waals surface area contributed by atoms with Gasteiger partial charge in [-0.3, -0.25) is 9.59 Å². The molecule has 1 amide bonds. The zero-order valence-electron chi connectivity index (χ0n) is 17.7. The topological polar surface area (TPSA) is 121 Å². The lowest BCUT2D eigenvalue weighted by molar-refractivity contribution is -0.113. The first kappa shape index (κ1) is 23.5. The number of aromatic nitrogens is 3. The standard InChI is InChI=1S/C23H16ClN5O3S2/c1-32-16-8-4-14(5-9-16)20-17(10-25)21(31)29-23(28-20)34-12-19(30)27-22-26-18(11-33-22)13-2-6-15(24)7-3-13/h2-9,11H,12H2,1H3,(H,26,27,30)(H,28,29,31). The summed E-state index contributed by atoms with van der Waals surface area (Å²) in [4.78, 5) is 36.2. The molecule has 4 aromatic rings. The molecule has 0 fully saturated rings. The third-order valence-corrected chi connectivity index (χ3v) is 6.49. The Bertz CT molecular complexity index is 1430. The van der Waals surface area contributed by atoms with E-state index in [4.69, 9.17) is 16.3 Å². The number of nitrogens with zero attached hydrogens (tertiary/aromatic N) is 3. The van der Waals surface area contributed by atoms with Crippen LogP contribution in [0.4, 0.5) is 5.13 Å². The second-order valence-electron chi connectivity index (χ2n) is 6.82. The quantitative estimate of drug-likeness (QED) is 0.270. The molecule has 0 saturated carbocycles. The summed E-state index contributed by atoms with van der Waals surface area (Å²) in [5.41, 5.74) is 1.78. The second-order valence-corrected chi connectivity index (χ2v) is 9.08. The number of H-pyrrole nitrogens is 1. The van der Waals surface area contributed by atoms with Crippen molar-refractivity contribution < 1.29 is 9.53 Å². The monoisotopic (exact) mass is 509 g/mol. The Morgan fingerprint density at radius 3 is 2.56 bits per heavy atom. The number of carbonyl (C=O) groups excluding carboxylic acids is 1. The number of halogens is 1. The molecule has 0 atom stereocenters. The molecule has 0 bridgehead atoms. The van der Waals surface area contributed by atoms with Gasteiger partial charge in [0, 0.05) is 21.5 Å².